The van der Waals surface area contributed by atoms with Gasteiger partial charge in [-0.2, -0.15) is 0 Å². The third kappa shape index (κ3) is 9.90. The first-order valence-electron chi connectivity index (χ1n) is 15.2. The van der Waals surface area contributed by atoms with Gasteiger partial charge in [0.25, 0.3) is 11.8 Å². The number of fused-ring (bicyclic) bond motifs is 2. The molecule has 9 heteroatoms. The molecule has 250 valence electrons. The van der Waals surface area contributed by atoms with Crippen LogP contribution in [-0.2, 0) is 39.2 Å². The number of hydrogen-bond acceptors (Lipinski definition) is 6. The van der Waals surface area contributed by atoms with Gasteiger partial charge in [0.1, 0.15) is 12.4 Å². The molecule has 1 aliphatic rings. The fourth-order valence-electron chi connectivity index (χ4n) is 4.78. The molecule has 0 bridgehead atoms. The first-order valence-corrected chi connectivity index (χ1v) is 15.9. The van der Waals surface area contributed by atoms with Crippen LogP contribution in [0, 0.1) is 5.41 Å². The van der Waals surface area contributed by atoms with Crippen LogP contribution in [-0.4, -0.2) is 40.8 Å². The topological polar surface area (TPSA) is 99.5 Å². The van der Waals surface area contributed by atoms with E-state index in [1.807, 2.05) is 80.1 Å². The van der Waals surface area contributed by atoms with Gasteiger partial charge in [-0.1, -0.05) is 42.0 Å². The summed E-state index contributed by atoms with van der Waals surface area (Å²) in [7, 11) is 3.23. The van der Waals surface area contributed by atoms with Gasteiger partial charge in [0.15, 0.2) is 0 Å². The second-order valence-electron chi connectivity index (χ2n) is 11.5. The molecular weight excluding hydrogens is 614 g/mol. The Morgan fingerprint density at radius 1 is 1.06 bits per heavy atom. The molecule has 0 aliphatic carbocycles. The van der Waals surface area contributed by atoms with Crippen LogP contribution in [0.15, 0.2) is 85.0 Å². The summed E-state index contributed by atoms with van der Waals surface area (Å²) < 4.78 is 13.0. The molecule has 1 aliphatic heterocycles. The molecule has 0 spiro atoms. The molecule has 1 N–H and O–H groups in total. The highest BCUT2D eigenvalue weighted by Gasteiger charge is 2.35. The second kappa shape index (κ2) is 17.9. The lowest BCUT2D eigenvalue weighted by Crippen LogP contribution is -2.29. The number of aromatic nitrogens is 2. The Hall–Kier alpha value is -4.69. The van der Waals surface area contributed by atoms with Crippen LogP contribution in [0.1, 0.15) is 58.5 Å². The van der Waals surface area contributed by atoms with Crippen LogP contribution in [0.3, 0.4) is 0 Å². The van der Waals surface area contributed by atoms with E-state index >= 15 is 0 Å². The highest BCUT2D eigenvalue weighted by molar-refractivity contribution is 6.35. The van der Waals surface area contributed by atoms with E-state index < -0.39 is 17.2 Å². The first kappa shape index (κ1) is 38.5. The molecular formula is C38H46ClN3O5. The summed E-state index contributed by atoms with van der Waals surface area (Å²) in [5, 5.41) is 4.13. The number of methoxy groups -OCH3 is 1. The van der Waals surface area contributed by atoms with E-state index in [9.17, 15) is 14.4 Å². The summed E-state index contributed by atoms with van der Waals surface area (Å²) >= 11 is 4.64. The van der Waals surface area contributed by atoms with Crippen molar-refractivity contribution in [3.05, 3.63) is 102 Å². The highest BCUT2D eigenvalue weighted by Crippen LogP contribution is 2.38. The van der Waals surface area contributed by atoms with Crippen LogP contribution < -0.4 is 10.1 Å². The number of para-hydroxylation sites is 1. The summed E-state index contributed by atoms with van der Waals surface area (Å²) in [6.45, 7) is 15.3. The third-order valence-electron chi connectivity index (χ3n) is 7.29. The number of hydrogen-bond donors (Lipinski definition) is 1. The van der Waals surface area contributed by atoms with Crippen LogP contribution in [0.25, 0.3) is 27.4 Å². The minimum atomic E-state index is -0.855. The first-order chi connectivity index (χ1) is 22.4. The van der Waals surface area contributed by atoms with E-state index in [0.717, 1.165) is 33.2 Å². The number of imide groups is 1. The number of alkyl halides is 1. The zero-order valence-corrected chi connectivity index (χ0v) is 29.6. The number of pyridine rings is 1. The number of nitrogens with zero attached hydrogens (tertiary/aromatic N) is 2. The Morgan fingerprint density at radius 2 is 1.70 bits per heavy atom. The quantitative estimate of drug-likeness (QED) is 0.0931. The number of carbonyl (C=O) groups excluding carboxylic acids is 3. The predicted octanol–water partition coefficient (Wildman–Crippen LogP) is 8.11. The van der Waals surface area contributed by atoms with E-state index in [4.69, 9.17) is 9.47 Å². The largest absolute Gasteiger partial charge is 0.487 e. The SMILES string of the molecule is C=CC.CC=C(C)C.CCl.COC(=O)C(C)(C)Cc1c(C2=CC(=O)NC2=O)c2cc(OCc3ccc4ccccc4n3)ccc2n1C. The van der Waals surface area contributed by atoms with Gasteiger partial charge in [0, 0.05) is 53.5 Å². The fraction of sp³-hybridized carbons (Fsp3) is 0.316. The lowest BCUT2D eigenvalue weighted by atomic mass is 9.85. The number of carbonyl (C=O) groups is 3. The predicted molar refractivity (Wildman–Crippen MR) is 192 cm³/mol. The van der Waals surface area contributed by atoms with E-state index in [0.29, 0.717) is 17.7 Å². The van der Waals surface area contributed by atoms with Crippen molar-refractivity contribution in [1.29, 1.82) is 0 Å². The normalized spacial score (nSPS) is 11.9. The van der Waals surface area contributed by atoms with E-state index in [2.05, 4.69) is 48.4 Å². The average molecular weight is 660 g/mol. The van der Waals surface area contributed by atoms with Gasteiger partial charge in [0.2, 0.25) is 0 Å². The fourth-order valence-corrected chi connectivity index (χ4v) is 4.78. The Labute approximate surface area is 283 Å². The van der Waals surface area contributed by atoms with Crippen molar-refractivity contribution in [2.75, 3.05) is 13.5 Å². The Balaban J connectivity index is 0.000000682. The molecule has 47 heavy (non-hydrogen) atoms. The molecule has 0 atom stereocenters. The molecule has 0 fully saturated rings. The lowest BCUT2D eigenvalue weighted by Gasteiger charge is -2.22. The summed E-state index contributed by atoms with van der Waals surface area (Å²) in [5.41, 5.74) is 4.66. The minimum Gasteiger partial charge on any atom is -0.487 e. The number of rotatable bonds is 7. The number of nitrogens with one attached hydrogen (secondary N) is 1. The zero-order chi connectivity index (χ0) is 35.3. The summed E-state index contributed by atoms with van der Waals surface area (Å²) in [5.74, 6) is -0.707. The van der Waals surface area contributed by atoms with Gasteiger partial charge < -0.3 is 14.0 Å². The number of allylic oxidation sites excluding steroid dienone is 3. The van der Waals surface area contributed by atoms with Crippen molar-refractivity contribution >= 4 is 56.8 Å². The van der Waals surface area contributed by atoms with Crippen molar-refractivity contribution in [3.8, 4) is 5.75 Å². The molecule has 0 unspecified atom stereocenters. The molecule has 2 amide bonds. The molecule has 4 aromatic rings. The van der Waals surface area contributed by atoms with Gasteiger partial charge in [-0.3, -0.25) is 19.7 Å². The average Bonchev–Trinajstić information content (AvgIpc) is 3.53. The number of benzene rings is 2. The standard InChI is InChI=1S/C29H27N3O5.C5H10.C3H6.CH3Cl/c1-29(2,28(35)36-4)15-24-26(21-14-25(33)31-27(21)34)20-13-19(11-12-23(20)32(24)3)37-16-18-10-9-17-7-5-6-8-22(17)30-18;1-4-5(2)3;1-3-2;1-2/h5-14H,15-16H2,1-4H3,(H,31,33,34);4H,1-3H3;3H,1H2,2H3;1H3. The maximum Gasteiger partial charge on any atom is 0.311 e. The number of ether oxygens (including phenoxy) is 2. The summed E-state index contributed by atoms with van der Waals surface area (Å²) in [6.07, 6.45) is 6.91. The molecule has 8 nitrogen and oxygen atoms in total. The van der Waals surface area contributed by atoms with Gasteiger partial charge in [-0.15, -0.1) is 18.2 Å². The Morgan fingerprint density at radius 3 is 2.28 bits per heavy atom. The van der Waals surface area contributed by atoms with Gasteiger partial charge >= 0.3 is 5.97 Å². The van der Waals surface area contributed by atoms with Crippen molar-refractivity contribution in [2.24, 2.45) is 12.5 Å². The highest BCUT2D eigenvalue weighted by atomic mass is 35.5. The zero-order valence-electron chi connectivity index (χ0n) is 28.9. The van der Waals surface area contributed by atoms with Crippen LogP contribution in [0.2, 0.25) is 0 Å². The number of esters is 1. The smallest absolute Gasteiger partial charge is 0.311 e. The van der Waals surface area contributed by atoms with Crippen LogP contribution >= 0.6 is 11.6 Å². The maximum absolute atomic E-state index is 12.7. The number of amides is 2. The third-order valence-corrected chi connectivity index (χ3v) is 7.29. The molecule has 2 aromatic carbocycles. The summed E-state index contributed by atoms with van der Waals surface area (Å²) in [4.78, 5) is 41.9. The molecule has 2 aromatic heterocycles. The monoisotopic (exact) mass is 659 g/mol. The van der Waals surface area contributed by atoms with Crippen molar-refractivity contribution in [2.45, 2.75) is 54.6 Å². The molecule has 0 radical (unpaired) electrons. The molecule has 3 heterocycles. The van der Waals surface area contributed by atoms with Gasteiger partial charge in [-0.25, -0.2) is 4.98 Å². The van der Waals surface area contributed by atoms with Gasteiger partial charge in [0.05, 0.1) is 29.3 Å². The van der Waals surface area contributed by atoms with Crippen molar-refractivity contribution in [1.82, 2.24) is 14.9 Å². The number of halogens is 1. The Kier molecular flexibility index (Phi) is 14.6. The van der Waals surface area contributed by atoms with E-state index in [1.165, 1.54) is 25.1 Å². The van der Waals surface area contributed by atoms with Crippen molar-refractivity contribution < 1.29 is 23.9 Å². The number of aryl methyl sites for hydroxylation is 1. The second-order valence-corrected chi connectivity index (χ2v) is 11.5. The lowest BCUT2D eigenvalue weighted by molar-refractivity contribution is -0.150. The summed E-state index contributed by atoms with van der Waals surface area (Å²) in [6, 6.07) is 17.5. The van der Waals surface area contributed by atoms with Gasteiger partial charge in [-0.05, 0) is 71.9 Å². The van der Waals surface area contributed by atoms with Crippen molar-refractivity contribution in [3.63, 3.8) is 0 Å². The molecule has 5 rings (SSSR count). The maximum atomic E-state index is 12.7. The van der Waals surface area contributed by atoms with E-state index in [1.54, 1.807) is 19.9 Å². The van der Waals surface area contributed by atoms with E-state index in [-0.39, 0.29) is 18.1 Å². The van der Waals surface area contributed by atoms with Crippen LogP contribution in [0.5, 0.6) is 5.75 Å². The molecule has 0 saturated heterocycles. The molecule has 0 saturated carbocycles. The van der Waals surface area contributed by atoms with Crippen LogP contribution in [0.4, 0.5) is 0 Å². The Bertz CT molecular complexity index is 1800. The minimum absolute atomic E-state index is 0.264.